The summed E-state index contributed by atoms with van der Waals surface area (Å²) in [6.07, 6.45) is 1.54. The molecule has 3 saturated heterocycles. The standard InChI is InChI=1S/C52H88FN5O11S/c1-16-43-52(10,62)47(59)36(7)57(12)29-31(2)25-51(9,61)48(34(5)45(35(6)49(60)68-43)42-27-50(8,65-14)26-33(4)66-42)69-44-24-39(23-32(3)67-44)56(11)22-21-38-30-58(55-54-38)41(28-53)46(64-13)37-17-19-40(20-18-37)70(15)63/h17-20,30-36,39,41-48,59,61-62H,16,21-29H2,1-15H3/t31-,32-,33+,34+,35-,36-,39+,41-,42?,43-,44+,45+,46-,47-,48-,50+,51-,52-,70?/m1/s1. The van der Waals surface area contributed by atoms with E-state index >= 15 is 0 Å². The van der Waals surface area contributed by atoms with Gasteiger partial charge in [0.25, 0.3) is 0 Å². The van der Waals surface area contributed by atoms with E-state index in [0.717, 1.165) is 12.0 Å². The Labute approximate surface area is 420 Å². The lowest BCUT2D eigenvalue weighted by Gasteiger charge is -2.50. The van der Waals surface area contributed by atoms with Crippen molar-refractivity contribution in [1.29, 1.82) is 0 Å². The first-order valence-corrected chi connectivity index (χ1v) is 27.0. The van der Waals surface area contributed by atoms with E-state index in [9.17, 15) is 29.1 Å². The molecule has 0 amide bonds. The third kappa shape index (κ3) is 14.1. The van der Waals surface area contributed by atoms with Crippen LogP contribution in [0.25, 0.3) is 0 Å². The van der Waals surface area contributed by atoms with Crippen LogP contribution in [0.4, 0.5) is 4.39 Å². The maximum atomic E-state index is 14.7. The van der Waals surface area contributed by atoms with Crippen LogP contribution in [0.1, 0.15) is 131 Å². The van der Waals surface area contributed by atoms with E-state index in [1.54, 1.807) is 50.8 Å². The fourth-order valence-corrected chi connectivity index (χ4v) is 12.5. The molecule has 3 N–H and O–H groups in total. The molecule has 400 valence electrons. The first kappa shape index (κ1) is 58.6. The molecule has 0 saturated carbocycles. The normalized spacial score (nSPS) is 39.2. The van der Waals surface area contributed by atoms with Gasteiger partial charge >= 0.3 is 5.97 Å². The molecule has 18 heteroatoms. The summed E-state index contributed by atoms with van der Waals surface area (Å²) in [5.74, 6) is -2.47. The number of rotatable bonds is 15. The minimum Gasteiger partial charge on any atom is -0.612 e. The molecular formula is C52H88FN5O11S. The average Bonchev–Trinajstić information content (AvgIpc) is 3.77. The molecule has 0 bridgehead atoms. The zero-order valence-corrected chi connectivity index (χ0v) is 45.6. The number of halogens is 1. The lowest BCUT2D eigenvalue weighted by molar-refractivity contribution is -0.271. The molecule has 1 aromatic heterocycles. The number of ether oxygens (including phenoxy) is 6. The second-order valence-electron chi connectivity index (χ2n) is 22.0. The van der Waals surface area contributed by atoms with Gasteiger partial charge in [-0.25, -0.2) is 9.07 Å². The number of cyclic esters (lactones) is 1. The smallest absolute Gasteiger partial charge is 0.309 e. The molecule has 2 unspecified atom stereocenters. The lowest BCUT2D eigenvalue weighted by Crippen LogP contribution is -2.59. The average molecular weight is 1010 g/mol. The first-order chi connectivity index (χ1) is 32.8. The highest BCUT2D eigenvalue weighted by Gasteiger charge is 2.53. The van der Waals surface area contributed by atoms with Gasteiger partial charge in [-0.1, -0.05) is 45.0 Å². The Balaban J connectivity index is 1.42. The predicted molar refractivity (Wildman–Crippen MR) is 266 cm³/mol. The van der Waals surface area contributed by atoms with Crippen LogP contribution < -0.4 is 0 Å². The Morgan fingerprint density at radius 2 is 1.69 bits per heavy atom. The molecule has 3 fully saturated rings. The van der Waals surface area contributed by atoms with E-state index in [1.165, 1.54) is 18.7 Å². The first-order valence-electron chi connectivity index (χ1n) is 25.5. The molecule has 1 aromatic carbocycles. The van der Waals surface area contributed by atoms with Gasteiger partial charge in [0.1, 0.15) is 42.9 Å². The molecule has 0 spiro atoms. The largest absolute Gasteiger partial charge is 0.612 e. The fraction of sp³-hybridized carbons (Fsp3) is 0.827. The van der Waals surface area contributed by atoms with Crippen molar-refractivity contribution >= 4 is 17.1 Å². The maximum Gasteiger partial charge on any atom is 0.309 e. The molecule has 5 rings (SSSR count). The highest BCUT2D eigenvalue weighted by atomic mass is 32.2. The molecule has 3 aliphatic heterocycles. The Morgan fingerprint density at radius 3 is 2.29 bits per heavy atom. The number of esters is 1. The highest BCUT2D eigenvalue weighted by molar-refractivity contribution is 7.90. The molecule has 2 aromatic rings. The minimum absolute atomic E-state index is 0.0251. The number of nitrogens with zero attached hydrogens (tertiary/aromatic N) is 5. The zero-order valence-electron chi connectivity index (χ0n) is 44.7. The summed E-state index contributed by atoms with van der Waals surface area (Å²) in [4.78, 5) is 19.5. The van der Waals surface area contributed by atoms with Gasteiger partial charge in [-0.2, -0.15) is 0 Å². The van der Waals surface area contributed by atoms with Crippen molar-refractivity contribution in [3.8, 4) is 0 Å². The van der Waals surface area contributed by atoms with Crippen LogP contribution in [0.5, 0.6) is 0 Å². The number of carbonyl (C=O) groups excluding carboxylic acids is 1. The molecule has 16 nitrogen and oxygen atoms in total. The van der Waals surface area contributed by atoms with Crippen LogP contribution in [0, 0.1) is 23.7 Å². The number of hydrogen-bond donors (Lipinski definition) is 3. The van der Waals surface area contributed by atoms with Crippen molar-refractivity contribution in [3.05, 3.63) is 41.7 Å². The molecule has 3 aliphatic rings. The molecule has 0 radical (unpaired) electrons. The number of aliphatic hydroxyl groups excluding tert-OH is 1. The van der Waals surface area contributed by atoms with Crippen LogP contribution in [-0.4, -0.2) is 177 Å². The van der Waals surface area contributed by atoms with Gasteiger partial charge < -0.3 is 58.1 Å². The van der Waals surface area contributed by atoms with Gasteiger partial charge in [0.15, 0.2) is 11.2 Å². The van der Waals surface area contributed by atoms with E-state index in [2.05, 4.69) is 36.1 Å². The number of alkyl halides is 1. The molecule has 4 heterocycles. The minimum atomic E-state index is -1.76. The van der Waals surface area contributed by atoms with Gasteiger partial charge in [0.05, 0.1) is 47.2 Å². The van der Waals surface area contributed by atoms with Gasteiger partial charge in [-0.05, 0) is 116 Å². The van der Waals surface area contributed by atoms with E-state index < -0.39 is 107 Å². The fourth-order valence-electron chi connectivity index (χ4n) is 11.9. The van der Waals surface area contributed by atoms with Gasteiger partial charge in [0, 0.05) is 77.2 Å². The SMILES string of the molecule is CC[C@H]1OC(=O)[C@H](C)[C@@H](C2C[C@@](C)(OC)C[C@H](C)O2)[C@H](C)[C@@H](O[C@H]2C[C@@H](N(C)CCc3cn([C@H](CF)[C@H](OC)c4ccc([S+](C)[O-])cc4)nn3)C[C@@H](C)O2)[C@](C)(O)C[C@@H](C)CN(C)[C@H](C)[C@@H](O)[C@]1(C)O. The lowest BCUT2D eigenvalue weighted by atomic mass is 9.69. The van der Waals surface area contributed by atoms with E-state index in [1.807, 2.05) is 53.5 Å². The van der Waals surface area contributed by atoms with Crippen molar-refractivity contribution in [1.82, 2.24) is 24.8 Å². The van der Waals surface area contributed by atoms with Crippen molar-refractivity contribution in [3.63, 3.8) is 0 Å². The summed E-state index contributed by atoms with van der Waals surface area (Å²) >= 11 is -1.14. The third-order valence-corrected chi connectivity index (χ3v) is 17.0. The summed E-state index contributed by atoms with van der Waals surface area (Å²) in [6, 6.07) is 5.88. The second kappa shape index (κ2) is 24.8. The number of aliphatic hydroxyl groups is 3. The zero-order chi connectivity index (χ0) is 52.0. The number of carbonyl (C=O) groups is 1. The van der Waals surface area contributed by atoms with Gasteiger partial charge in [-0.3, -0.25) is 4.79 Å². The number of methoxy groups -OCH3 is 2. The Morgan fingerprint density at radius 1 is 1.01 bits per heavy atom. The molecule has 19 atom stereocenters. The van der Waals surface area contributed by atoms with Crippen LogP contribution in [-0.2, 0) is 50.8 Å². The van der Waals surface area contributed by atoms with E-state index in [4.69, 9.17) is 28.4 Å². The highest BCUT2D eigenvalue weighted by Crippen LogP contribution is 2.45. The number of hydrogen-bond acceptors (Lipinski definition) is 15. The predicted octanol–water partition coefficient (Wildman–Crippen LogP) is 6.07. The Bertz CT molecular complexity index is 1930. The number of aromatic nitrogens is 3. The maximum absolute atomic E-state index is 14.7. The summed E-state index contributed by atoms with van der Waals surface area (Å²) in [7, 11) is 7.17. The van der Waals surface area contributed by atoms with Crippen molar-refractivity contribution < 1.29 is 57.5 Å². The molecular weight excluding hydrogens is 922 g/mol. The van der Waals surface area contributed by atoms with Crippen molar-refractivity contribution in [2.45, 2.75) is 203 Å². The molecule has 0 aliphatic carbocycles. The Kier molecular flexibility index (Phi) is 20.7. The summed E-state index contributed by atoms with van der Waals surface area (Å²) in [6.45, 7) is 19.4. The number of likely N-dealkylation sites (N-methyl/N-ethyl adjacent to an activating group) is 2. The van der Waals surface area contributed by atoms with Gasteiger partial charge in [-0.15, -0.1) is 5.10 Å². The van der Waals surface area contributed by atoms with Crippen LogP contribution in [0.3, 0.4) is 0 Å². The second-order valence-corrected chi connectivity index (χ2v) is 23.4. The van der Waals surface area contributed by atoms with E-state index in [-0.39, 0.29) is 30.6 Å². The van der Waals surface area contributed by atoms with Crippen LogP contribution in [0.15, 0.2) is 35.4 Å². The van der Waals surface area contributed by atoms with Crippen LogP contribution >= 0.6 is 0 Å². The Hall–Kier alpha value is -2.33. The van der Waals surface area contributed by atoms with Crippen LogP contribution in [0.2, 0.25) is 0 Å². The third-order valence-electron chi connectivity index (χ3n) is 16.0. The summed E-state index contributed by atoms with van der Waals surface area (Å²) in [5, 5.41) is 45.3. The summed E-state index contributed by atoms with van der Waals surface area (Å²) < 4.78 is 66.8. The topological polar surface area (TPSA) is 193 Å². The quantitative estimate of drug-likeness (QED) is 0.137. The molecule has 70 heavy (non-hydrogen) atoms. The van der Waals surface area contributed by atoms with E-state index in [0.29, 0.717) is 55.8 Å². The summed E-state index contributed by atoms with van der Waals surface area (Å²) in [5.41, 5.74) is -2.31. The van der Waals surface area contributed by atoms with Gasteiger partial charge in [0.2, 0.25) is 0 Å². The number of benzene rings is 1. The van der Waals surface area contributed by atoms with Crippen molar-refractivity contribution in [2.75, 3.05) is 54.3 Å². The monoisotopic (exact) mass is 1010 g/mol. The van der Waals surface area contributed by atoms with Crippen molar-refractivity contribution in [2.24, 2.45) is 23.7 Å².